The Morgan fingerprint density at radius 1 is 0.935 bits per heavy atom. The average molecular weight is 475 g/mol. The second-order valence-electron chi connectivity index (χ2n) is 7.03. The Morgan fingerprint density at radius 3 is 2.19 bits per heavy atom. The van der Waals surface area contributed by atoms with Gasteiger partial charge in [-0.25, -0.2) is 8.42 Å². The van der Waals surface area contributed by atoms with Gasteiger partial charge in [0.25, 0.3) is 15.9 Å². The minimum absolute atomic E-state index is 0.0473. The lowest BCUT2D eigenvalue weighted by molar-refractivity contribution is 0.0956. The number of hydrogen-bond acceptors (Lipinski definition) is 4. The number of aryl methyl sites for hydroxylation is 2. The molecule has 3 rings (SSSR count). The summed E-state index contributed by atoms with van der Waals surface area (Å²) in [6, 6.07) is 19.3. The quantitative estimate of drug-likeness (QED) is 0.344. The summed E-state index contributed by atoms with van der Waals surface area (Å²) in [7, 11) is -3.94. The molecular formula is C23H23ClN2O3S2. The van der Waals surface area contributed by atoms with Crippen molar-refractivity contribution < 1.29 is 13.2 Å². The number of amides is 1. The van der Waals surface area contributed by atoms with E-state index in [2.05, 4.69) is 10.0 Å². The number of anilines is 1. The van der Waals surface area contributed by atoms with Gasteiger partial charge in [-0.05, 0) is 56.3 Å². The summed E-state index contributed by atoms with van der Waals surface area (Å²) in [6.07, 6.45) is 0. The van der Waals surface area contributed by atoms with E-state index in [0.717, 1.165) is 10.5 Å². The SMILES string of the molecule is Cc1ccc(NS(=O)(=O)c2cc(C(=O)NCCSc3ccc(C)cc3)ccc2Cl)cc1. The Labute approximate surface area is 192 Å². The normalized spacial score (nSPS) is 11.2. The van der Waals surface area contributed by atoms with Crippen molar-refractivity contribution in [3.05, 3.63) is 88.4 Å². The molecule has 0 aromatic heterocycles. The maximum Gasteiger partial charge on any atom is 0.263 e. The third-order valence-electron chi connectivity index (χ3n) is 4.46. The van der Waals surface area contributed by atoms with Gasteiger partial charge in [0.05, 0.1) is 5.02 Å². The fourth-order valence-electron chi connectivity index (χ4n) is 2.75. The average Bonchev–Trinajstić information content (AvgIpc) is 2.74. The van der Waals surface area contributed by atoms with Gasteiger partial charge in [-0.3, -0.25) is 9.52 Å². The molecule has 31 heavy (non-hydrogen) atoms. The molecule has 0 bridgehead atoms. The molecule has 0 heterocycles. The van der Waals surface area contributed by atoms with E-state index in [0.29, 0.717) is 18.0 Å². The van der Waals surface area contributed by atoms with Gasteiger partial charge in [0.15, 0.2) is 0 Å². The first-order valence-corrected chi connectivity index (χ1v) is 12.5. The monoisotopic (exact) mass is 474 g/mol. The molecule has 0 spiro atoms. The number of sulfonamides is 1. The fourth-order valence-corrected chi connectivity index (χ4v) is 5.11. The van der Waals surface area contributed by atoms with Gasteiger partial charge in [0.1, 0.15) is 4.90 Å². The van der Waals surface area contributed by atoms with E-state index >= 15 is 0 Å². The van der Waals surface area contributed by atoms with Crippen LogP contribution in [-0.2, 0) is 10.0 Å². The number of halogens is 1. The van der Waals surface area contributed by atoms with Crippen LogP contribution in [0, 0.1) is 13.8 Å². The first-order valence-electron chi connectivity index (χ1n) is 9.61. The molecule has 2 N–H and O–H groups in total. The lowest BCUT2D eigenvalue weighted by Crippen LogP contribution is -2.26. The number of carbonyl (C=O) groups excluding carboxylic acids is 1. The highest BCUT2D eigenvalue weighted by atomic mass is 35.5. The lowest BCUT2D eigenvalue weighted by atomic mass is 10.2. The van der Waals surface area contributed by atoms with Crippen molar-refractivity contribution in [1.29, 1.82) is 0 Å². The first-order chi connectivity index (χ1) is 14.7. The van der Waals surface area contributed by atoms with Crippen molar-refractivity contribution in [3.63, 3.8) is 0 Å². The van der Waals surface area contributed by atoms with E-state index < -0.39 is 10.0 Å². The molecule has 0 saturated heterocycles. The summed E-state index contributed by atoms with van der Waals surface area (Å²) in [5, 5.41) is 2.86. The molecule has 1 amide bonds. The third kappa shape index (κ3) is 6.50. The molecule has 0 radical (unpaired) electrons. The molecule has 8 heteroatoms. The van der Waals surface area contributed by atoms with Gasteiger partial charge in [0, 0.05) is 28.4 Å². The summed E-state index contributed by atoms with van der Waals surface area (Å²) in [6.45, 7) is 4.39. The van der Waals surface area contributed by atoms with Gasteiger partial charge in [-0.2, -0.15) is 0 Å². The zero-order valence-electron chi connectivity index (χ0n) is 17.2. The van der Waals surface area contributed by atoms with Crippen molar-refractivity contribution in [1.82, 2.24) is 5.32 Å². The molecule has 0 fully saturated rings. The number of nitrogens with one attached hydrogen (secondary N) is 2. The molecule has 0 saturated carbocycles. The standard InChI is InChI=1S/C23H23ClN2O3S2/c1-16-3-8-19(9-4-16)26-31(28,29)22-15-18(7-12-21(22)24)23(27)25-13-14-30-20-10-5-17(2)6-11-20/h3-12,15,26H,13-14H2,1-2H3,(H,25,27). The van der Waals surface area contributed by atoms with Crippen molar-refractivity contribution >= 4 is 45.0 Å². The molecule has 3 aromatic carbocycles. The molecular weight excluding hydrogens is 452 g/mol. The number of benzene rings is 3. The number of rotatable bonds is 8. The maximum absolute atomic E-state index is 12.8. The minimum Gasteiger partial charge on any atom is -0.351 e. The van der Waals surface area contributed by atoms with Crippen LogP contribution in [0.4, 0.5) is 5.69 Å². The molecule has 3 aromatic rings. The zero-order valence-corrected chi connectivity index (χ0v) is 19.6. The summed E-state index contributed by atoms with van der Waals surface area (Å²) < 4.78 is 28.1. The fraction of sp³-hybridized carbons (Fsp3) is 0.174. The molecule has 0 aliphatic carbocycles. The predicted molar refractivity (Wildman–Crippen MR) is 128 cm³/mol. The Morgan fingerprint density at radius 2 is 1.55 bits per heavy atom. The second-order valence-corrected chi connectivity index (χ2v) is 10.3. The van der Waals surface area contributed by atoms with Crippen LogP contribution < -0.4 is 10.0 Å². The van der Waals surface area contributed by atoms with Crippen molar-refractivity contribution in [2.45, 2.75) is 23.6 Å². The summed E-state index contributed by atoms with van der Waals surface area (Å²) in [4.78, 5) is 13.5. The lowest BCUT2D eigenvalue weighted by Gasteiger charge is -2.12. The Kier molecular flexibility index (Phi) is 7.64. The number of carbonyl (C=O) groups is 1. The summed E-state index contributed by atoms with van der Waals surface area (Å²) in [5.74, 6) is 0.343. The van der Waals surface area contributed by atoms with E-state index in [9.17, 15) is 13.2 Å². The highest BCUT2D eigenvalue weighted by molar-refractivity contribution is 7.99. The third-order valence-corrected chi connectivity index (χ3v) is 7.34. The number of thioether (sulfide) groups is 1. The minimum atomic E-state index is -3.94. The van der Waals surface area contributed by atoms with E-state index in [1.807, 2.05) is 38.1 Å². The largest absolute Gasteiger partial charge is 0.351 e. The predicted octanol–water partition coefficient (Wildman–Crippen LogP) is 5.28. The van der Waals surface area contributed by atoms with Crippen molar-refractivity contribution in [2.24, 2.45) is 0 Å². The smallest absolute Gasteiger partial charge is 0.263 e. The molecule has 0 aliphatic rings. The zero-order chi connectivity index (χ0) is 22.4. The van der Waals surface area contributed by atoms with Crippen LogP contribution in [0.2, 0.25) is 5.02 Å². The van der Waals surface area contributed by atoms with Crippen LogP contribution >= 0.6 is 23.4 Å². The van der Waals surface area contributed by atoms with Crippen molar-refractivity contribution in [3.8, 4) is 0 Å². The van der Waals surface area contributed by atoms with E-state index in [4.69, 9.17) is 11.6 Å². The van der Waals surface area contributed by atoms with E-state index in [-0.39, 0.29) is 21.4 Å². The highest BCUT2D eigenvalue weighted by Crippen LogP contribution is 2.25. The maximum atomic E-state index is 12.8. The van der Waals surface area contributed by atoms with Crippen molar-refractivity contribution in [2.75, 3.05) is 17.0 Å². The van der Waals surface area contributed by atoms with Gasteiger partial charge in [0.2, 0.25) is 0 Å². The number of hydrogen-bond donors (Lipinski definition) is 2. The second kappa shape index (κ2) is 10.2. The topological polar surface area (TPSA) is 75.3 Å². The Balaban J connectivity index is 1.64. The molecule has 162 valence electrons. The molecule has 0 unspecified atom stereocenters. The van der Waals surface area contributed by atoms with Gasteiger partial charge in [-0.1, -0.05) is 47.0 Å². The molecule has 0 atom stereocenters. The van der Waals surface area contributed by atoms with Crippen LogP contribution in [0.25, 0.3) is 0 Å². The highest BCUT2D eigenvalue weighted by Gasteiger charge is 2.20. The summed E-state index contributed by atoms with van der Waals surface area (Å²) in [5.41, 5.74) is 2.86. The summed E-state index contributed by atoms with van der Waals surface area (Å²) >= 11 is 7.77. The molecule has 0 aliphatic heterocycles. The van der Waals surface area contributed by atoms with Crippen LogP contribution in [0.3, 0.4) is 0 Å². The van der Waals surface area contributed by atoms with Gasteiger partial charge in [-0.15, -0.1) is 11.8 Å². The van der Waals surface area contributed by atoms with Gasteiger partial charge < -0.3 is 5.32 Å². The van der Waals surface area contributed by atoms with E-state index in [1.54, 1.807) is 36.0 Å². The van der Waals surface area contributed by atoms with E-state index in [1.165, 1.54) is 23.8 Å². The van der Waals surface area contributed by atoms with Crippen LogP contribution in [-0.4, -0.2) is 26.6 Å². The van der Waals surface area contributed by atoms with Crippen LogP contribution in [0.1, 0.15) is 21.5 Å². The molecule has 5 nitrogen and oxygen atoms in total. The first kappa shape index (κ1) is 23.2. The Hall–Kier alpha value is -2.48. The van der Waals surface area contributed by atoms with Crippen LogP contribution in [0.15, 0.2) is 76.5 Å². The van der Waals surface area contributed by atoms with Crippen LogP contribution in [0.5, 0.6) is 0 Å². The Bertz CT molecular complexity index is 1160. The van der Waals surface area contributed by atoms with Gasteiger partial charge >= 0.3 is 0 Å².